The van der Waals surface area contributed by atoms with E-state index in [4.69, 9.17) is 18.0 Å². The summed E-state index contributed by atoms with van der Waals surface area (Å²) < 4.78 is 22.5. The summed E-state index contributed by atoms with van der Waals surface area (Å²) in [6.45, 7) is 2.78. The van der Waals surface area contributed by atoms with Crippen LogP contribution < -0.4 is 10.4 Å². The zero-order valence-corrected chi connectivity index (χ0v) is 20.4. The summed E-state index contributed by atoms with van der Waals surface area (Å²) in [5.74, 6) is 0.733. The van der Waals surface area contributed by atoms with Gasteiger partial charge in [-0.15, -0.1) is 0 Å². The van der Waals surface area contributed by atoms with Crippen molar-refractivity contribution in [1.29, 1.82) is 0 Å². The third-order valence-electron chi connectivity index (χ3n) is 5.95. The van der Waals surface area contributed by atoms with Crippen molar-refractivity contribution in [3.8, 4) is 16.9 Å². The first-order chi connectivity index (χ1) is 15.5. The topological polar surface area (TPSA) is 57.9 Å². The second-order valence-electron chi connectivity index (χ2n) is 8.28. The van der Waals surface area contributed by atoms with Crippen molar-refractivity contribution < 1.29 is 18.0 Å². The number of unbranched alkanes of at least 4 members (excludes halogenated alkanes) is 5. The van der Waals surface area contributed by atoms with Gasteiger partial charge >= 0.3 is 14.2 Å². The van der Waals surface area contributed by atoms with Crippen LogP contribution in [0.15, 0.2) is 63.8 Å². The molecule has 3 aromatic rings. The second-order valence-corrected chi connectivity index (χ2v) is 11.9. The molecule has 0 saturated carbocycles. The molecule has 0 aliphatic rings. The van der Waals surface area contributed by atoms with Crippen LogP contribution in [0.2, 0.25) is 12.6 Å². The molecule has 0 aliphatic carbocycles. The maximum atomic E-state index is 12.4. The van der Waals surface area contributed by atoms with E-state index in [1.807, 2.05) is 48.5 Å². The van der Waals surface area contributed by atoms with Crippen LogP contribution >= 0.6 is 0 Å². The molecule has 0 amide bonds. The number of hydrogen-bond donors (Lipinski definition) is 0. The van der Waals surface area contributed by atoms with Gasteiger partial charge in [-0.05, 0) is 42.8 Å². The molecule has 1 heterocycles. The van der Waals surface area contributed by atoms with Gasteiger partial charge in [0.1, 0.15) is 11.3 Å². The summed E-state index contributed by atoms with van der Waals surface area (Å²) in [6.07, 6.45) is 6.96. The predicted molar refractivity (Wildman–Crippen MR) is 132 cm³/mol. The molecular formula is C26H34O5Si. The molecule has 0 atom stereocenters. The van der Waals surface area contributed by atoms with Crippen LogP contribution in [0.5, 0.6) is 5.75 Å². The van der Waals surface area contributed by atoms with Crippen molar-refractivity contribution in [3.63, 3.8) is 0 Å². The molecule has 5 nitrogen and oxygen atoms in total. The smallest absolute Gasteiger partial charge is 0.344 e. The maximum absolute atomic E-state index is 12.4. The van der Waals surface area contributed by atoms with Crippen molar-refractivity contribution >= 4 is 19.5 Å². The Bertz CT molecular complexity index is 1030. The van der Waals surface area contributed by atoms with E-state index in [0.29, 0.717) is 17.8 Å². The SMILES string of the molecule is CO[Si](C)(CCCCCCCCOc1ccc2cc(-c3ccccc3)c(=O)oc2c1)OC. The molecule has 0 aliphatic heterocycles. The second kappa shape index (κ2) is 12.0. The van der Waals surface area contributed by atoms with Crippen LogP contribution in [0, 0.1) is 0 Å². The lowest BCUT2D eigenvalue weighted by molar-refractivity contribution is 0.248. The van der Waals surface area contributed by atoms with Gasteiger partial charge in [-0.3, -0.25) is 0 Å². The van der Waals surface area contributed by atoms with Gasteiger partial charge in [0.25, 0.3) is 0 Å². The van der Waals surface area contributed by atoms with Crippen molar-refractivity contribution in [2.75, 3.05) is 20.8 Å². The molecule has 32 heavy (non-hydrogen) atoms. The molecule has 0 bridgehead atoms. The fourth-order valence-electron chi connectivity index (χ4n) is 3.73. The minimum Gasteiger partial charge on any atom is -0.493 e. The predicted octanol–water partition coefficient (Wildman–Crippen LogP) is 6.54. The zero-order chi connectivity index (χ0) is 22.8. The Morgan fingerprint density at radius 3 is 2.25 bits per heavy atom. The van der Waals surface area contributed by atoms with Crippen LogP contribution in [-0.2, 0) is 8.85 Å². The molecule has 3 rings (SSSR count). The van der Waals surface area contributed by atoms with Crippen molar-refractivity contribution in [3.05, 3.63) is 65.0 Å². The van der Waals surface area contributed by atoms with Gasteiger partial charge in [0.15, 0.2) is 0 Å². The molecule has 0 unspecified atom stereocenters. The summed E-state index contributed by atoms with van der Waals surface area (Å²) >= 11 is 0. The third kappa shape index (κ3) is 6.79. The van der Waals surface area contributed by atoms with E-state index >= 15 is 0 Å². The maximum Gasteiger partial charge on any atom is 0.344 e. The summed E-state index contributed by atoms with van der Waals surface area (Å²) in [5.41, 5.74) is 1.65. The standard InChI is InChI=1S/C26H34O5Si/c1-28-32(3,29-2)18-12-7-5-4-6-11-17-30-23-16-15-22-19-24(21-13-9-8-10-14-21)26(27)31-25(22)20-23/h8-10,13-16,19-20H,4-7,11-12,17-18H2,1-3H3. The summed E-state index contributed by atoms with van der Waals surface area (Å²) in [5, 5.41) is 0.886. The average Bonchev–Trinajstić information content (AvgIpc) is 2.82. The fraction of sp³-hybridized carbons (Fsp3) is 0.423. The van der Waals surface area contributed by atoms with Gasteiger partial charge < -0.3 is 18.0 Å². The molecule has 0 N–H and O–H groups in total. The van der Waals surface area contributed by atoms with E-state index in [2.05, 4.69) is 6.55 Å². The lowest BCUT2D eigenvalue weighted by Crippen LogP contribution is -2.35. The first-order valence-corrected chi connectivity index (χ1v) is 13.9. The minimum atomic E-state index is -1.91. The molecule has 2 aromatic carbocycles. The highest BCUT2D eigenvalue weighted by Crippen LogP contribution is 2.24. The van der Waals surface area contributed by atoms with Crippen LogP contribution in [0.3, 0.4) is 0 Å². The van der Waals surface area contributed by atoms with Crippen molar-refractivity contribution in [2.45, 2.75) is 51.1 Å². The third-order valence-corrected chi connectivity index (χ3v) is 8.94. The molecule has 0 fully saturated rings. The largest absolute Gasteiger partial charge is 0.493 e. The number of rotatable bonds is 13. The summed E-state index contributed by atoms with van der Waals surface area (Å²) in [4.78, 5) is 12.4. The Morgan fingerprint density at radius 1 is 0.844 bits per heavy atom. The van der Waals surface area contributed by atoms with Gasteiger partial charge in [-0.25, -0.2) is 4.79 Å². The normalized spacial score (nSPS) is 11.7. The molecular weight excluding hydrogens is 420 g/mol. The molecule has 0 spiro atoms. The number of ether oxygens (including phenoxy) is 1. The van der Waals surface area contributed by atoms with Crippen molar-refractivity contribution in [1.82, 2.24) is 0 Å². The van der Waals surface area contributed by atoms with E-state index in [-0.39, 0.29) is 5.63 Å². The van der Waals surface area contributed by atoms with Crippen LogP contribution in [-0.4, -0.2) is 29.4 Å². The Hall–Kier alpha value is -2.41. The molecule has 1 aromatic heterocycles. The van der Waals surface area contributed by atoms with E-state index in [0.717, 1.165) is 42.0 Å². The van der Waals surface area contributed by atoms with Crippen LogP contribution in [0.25, 0.3) is 22.1 Å². The van der Waals surface area contributed by atoms with Gasteiger partial charge in [0, 0.05) is 25.7 Å². The summed E-state index contributed by atoms with van der Waals surface area (Å²) in [6, 6.07) is 18.2. The number of fused-ring (bicyclic) bond motifs is 1. The number of hydrogen-bond acceptors (Lipinski definition) is 5. The first kappa shape index (κ1) is 24.2. The lowest BCUT2D eigenvalue weighted by Gasteiger charge is -2.22. The van der Waals surface area contributed by atoms with Crippen LogP contribution in [0.1, 0.15) is 38.5 Å². The van der Waals surface area contributed by atoms with Gasteiger partial charge in [-0.2, -0.15) is 0 Å². The number of benzene rings is 2. The first-order valence-electron chi connectivity index (χ1n) is 11.4. The van der Waals surface area contributed by atoms with Gasteiger partial charge in [-0.1, -0.05) is 62.4 Å². The highest BCUT2D eigenvalue weighted by Gasteiger charge is 2.27. The van der Waals surface area contributed by atoms with Crippen molar-refractivity contribution in [2.24, 2.45) is 0 Å². The monoisotopic (exact) mass is 454 g/mol. The Balaban J connectivity index is 1.41. The molecule has 0 saturated heterocycles. The lowest BCUT2D eigenvalue weighted by atomic mass is 10.1. The molecule has 0 radical (unpaired) electrons. The average molecular weight is 455 g/mol. The zero-order valence-electron chi connectivity index (χ0n) is 19.4. The summed E-state index contributed by atoms with van der Waals surface area (Å²) in [7, 11) is 1.59. The minimum absolute atomic E-state index is 0.333. The highest BCUT2D eigenvalue weighted by molar-refractivity contribution is 6.65. The fourth-order valence-corrected chi connectivity index (χ4v) is 5.20. The molecule has 172 valence electrons. The van der Waals surface area contributed by atoms with E-state index in [1.54, 1.807) is 20.3 Å². The Labute approximate surface area is 191 Å². The molecule has 6 heteroatoms. The van der Waals surface area contributed by atoms with E-state index in [9.17, 15) is 4.79 Å². The Kier molecular flexibility index (Phi) is 9.08. The van der Waals surface area contributed by atoms with Crippen LogP contribution in [0.4, 0.5) is 0 Å². The van der Waals surface area contributed by atoms with Gasteiger partial charge in [0.05, 0.1) is 12.2 Å². The van der Waals surface area contributed by atoms with E-state index < -0.39 is 8.56 Å². The van der Waals surface area contributed by atoms with Gasteiger partial charge in [0.2, 0.25) is 0 Å². The highest BCUT2D eigenvalue weighted by atomic mass is 28.4. The Morgan fingerprint density at radius 2 is 1.53 bits per heavy atom. The van der Waals surface area contributed by atoms with E-state index in [1.165, 1.54) is 19.3 Å². The quantitative estimate of drug-likeness (QED) is 0.167.